The molecule has 2 aromatic heterocycles. The molecule has 0 aromatic carbocycles. The molecule has 8 heteroatoms. The minimum atomic E-state index is -0.450. The lowest BCUT2D eigenvalue weighted by Gasteiger charge is -2.06. The van der Waals surface area contributed by atoms with Crippen molar-refractivity contribution in [2.75, 3.05) is 12.4 Å². The third-order valence-electron chi connectivity index (χ3n) is 2.76. The van der Waals surface area contributed by atoms with E-state index in [9.17, 15) is 9.59 Å². The number of esters is 1. The van der Waals surface area contributed by atoms with E-state index in [0.29, 0.717) is 17.1 Å². The number of nitrogens with zero attached hydrogens (tertiary/aromatic N) is 3. The minimum Gasteiger partial charge on any atom is -0.464 e. The molecule has 0 radical (unpaired) electrons. The summed E-state index contributed by atoms with van der Waals surface area (Å²) in [5.74, 6) is -0.450. The van der Waals surface area contributed by atoms with Gasteiger partial charge in [-0.3, -0.25) is 4.79 Å². The molecule has 0 unspecified atom stereocenters. The first-order valence-corrected chi connectivity index (χ1v) is 6.05. The van der Waals surface area contributed by atoms with Gasteiger partial charge in [-0.05, 0) is 6.07 Å². The number of carbonyl (C=O) groups excluding carboxylic acids is 1. The van der Waals surface area contributed by atoms with E-state index in [-0.39, 0.29) is 5.02 Å². The van der Waals surface area contributed by atoms with Crippen LogP contribution in [-0.4, -0.2) is 27.4 Å². The number of hydrogen-bond acceptors (Lipinski definition) is 5. The fourth-order valence-corrected chi connectivity index (χ4v) is 1.91. The minimum absolute atomic E-state index is 0.0333. The molecular weight excluding hydrogens is 284 g/mol. The van der Waals surface area contributed by atoms with Crippen LogP contribution in [0, 0.1) is 0 Å². The predicted octanol–water partition coefficient (Wildman–Crippen LogP) is 1.30. The fourth-order valence-electron chi connectivity index (χ4n) is 1.69. The van der Waals surface area contributed by atoms with Gasteiger partial charge in [-0.25, -0.2) is 9.48 Å². The van der Waals surface area contributed by atoms with E-state index in [0.717, 1.165) is 4.68 Å². The summed E-state index contributed by atoms with van der Waals surface area (Å²) >= 11 is 5.95. The Balaban J connectivity index is 2.34. The molecule has 2 heterocycles. The Hall–Kier alpha value is -2.28. The van der Waals surface area contributed by atoms with Crippen LogP contribution in [0.25, 0.3) is 0 Å². The second-order valence-corrected chi connectivity index (χ2v) is 4.52. The molecule has 20 heavy (non-hydrogen) atoms. The van der Waals surface area contributed by atoms with Crippen LogP contribution in [0.15, 0.2) is 23.3 Å². The van der Waals surface area contributed by atoms with Crippen LogP contribution in [0.1, 0.15) is 10.5 Å². The average Bonchev–Trinajstić information content (AvgIpc) is 2.79. The zero-order valence-corrected chi connectivity index (χ0v) is 11.9. The first-order valence-electron chi connectivity index (χ1n) is 5.67. The van der Waals surface area contributed by atoms with Crippen LogP contribution >= 0.6 is 11.6 Å². The number of anilines is 2. The number of nitrogens with one attached hydrogen (secondary N) is 1. The van der Waals surface area contributed by atoms with Gasteiger partial charge < -0.3 is 14.6 Å². The maximum Gasteiger partial charge on any atom is 0.354 e. The van der Waals surface area contributed by atoms with Crippen molar-refractivity contribution in [3.63, 3.8) is 0 Å². The van der Waals surface area contributed by atoms with Gasteiger partial charge in [0.2, 0.25) is 0 Å². The number of hydrogen-bond donors (Lipinski definition) is 1. The predicted molar refractivity (Wildman–Crippen MR) is 74.5 cm³/mol. The van der Waals surface area contributed by atoms with Crippen LogP contribution in [0.4, 0.5) is 11.4 Å². The molecule has 7 nitrogen and oxygen atoms in total. The number of methoxy groups -OCH3 is 1. The van der Waals surface area contributed by atoms with Crippen molar-refractivity contribution in [1.82, 2.24) is 14.3 Å². The zero-order valence-electron chi connectivity index (χ0n) is 11.2. The smallest absolute Gasteiger partial charge is 0.354 e. The van der Waals surface area contributed by atoms with Crippen LogP contribution in [0.5, 0.6) is 0 Å². The number of halogens is 1. The summed E-state index contributed by atoms with van der Waals surface area (Å²) in [6, 6.07) is 1.60. The van der Waals surface area contributed by atoms with E-state index in [1.54, 1.807) is 23.9 Å². The molecule has 0 aliphatic carbocycles. The Bertz CT molecular complexity index is 720. The number of carbonyl (C=O) groups is 1. The van der Waals surface area contributed by atoms with Gasteiger partial charge in [0.25, 0.3) is 5.56 Å². The Morgan fingerprint density at radius 3 is 2.80 bits per heavy atom. The van der Waals surface area contributed by atoms with Crippen molar-refractivity contribution < 1.29 is 9.53 Å². The lowest BCUT2D eigenvalue weighted by Crippen LogP contribution is -2.20. The molecule has 0 aliphatic rings. The molecule has 0 spiro atoms. The van der Waals surface area contributed by atoms with Gasteiger partial charge in [0.05, 0.1) is 24.7 Å². The van der Waals surface area contributed by atoms with Crippen LogP contribution in [-0.2, 0) is 18.8 Å². The summed E-state index contributed by atoms with van der Waals surface area (Å²) in [4.78, 5) is 23.2. The highest BCUT2D eigenvalue weighted by molar-refractivity contribution is 6.33. The van der Waals surface area contributed by atoms with Gasteiger partial charge in [-0.15, -0.1) is 0 Å². The topological polar surface area (TPSA) is 78.2 Å². The van der Waals surface area contributed by atoms with Gasteiger partial charge in [0.1, 0.15) is 10.7 Å². The second kappa shape index (κ2) is 5.38. The highest BCUT2D eigenvalue weighted by atomic mass is 35.5. The number of rotatable bonds is 3. The highest BCUT2D eigenvalue weighted by Gasteiger charge is 2.13. The molecule has 106 valence electrons. The summed E-state index contributed by atoms with van der Waals surface area (Å²) in [7, 11) is 4.53. The summed E-state index contributed by atoms with van der Waals surface area (Å²) in [6.07, 6.45) is 3.12. The maximum absolute atomic E-state index is 11.7. The molecule has 0 saturated heterocycles. The van der Waals surface area contributed by atoms with E-state index >= 15 is 0 Å². The van der Waals surface area contributed by atoms with Crippen molar-refractivity contribution in [3.8, 4) is 0 Å². The summed E-state index contributed by atoms with van der Waals surface area (Å²) in [6.45, 7) is 0. The quantitative estimate of drug-likeness (QED) is 0.864. The van der Waals surface area contributed by atoms with Gasteiger partial charge in [-0.1, -0.05) is 11.6 Å². The second-order valence-electron chi connectivity index (χ2n) is 4.14. The summed E-state index contributed by atoms with van der Waals surface area (Å²) in [5, 5.41) is 6.85. The van der Waals surface area contributed by atoms with Crippen LogP contribution in [0.2, 0.25) is 5.02 Å². The molecule has 0 fully saturated rings. The maximum atomic E-state index is 11.7. The fraction of sp³-hybridized carbons (Fsp3) is 0.250. The van der Waals surface area contributed by atoms with Gasteiger partial charge in [0.15, 0.2) is 0 Å². The van der Waals surface area contributed by atoms with Crippen LogP contribution < -0.4 is 10.9 Å². The van der Waals surface area contributed by atoms with E-state index in [4.69, 9.17) is 11.6 Å². The average molecular weight is 297 g/mol. The van der Waals surface area contributed by atoms with Crippen molar-refractivity contribution in [1.29, 1.82) is 0 Å². The first-order chi connectivity index (χ1) is 9.43. The largest absolute Gasteiger partial charge is 0.464 e. The van der Waals surface area contributed by atoms with Crippen molar-refractivity contribution >= 4 is 28.9 Å². The number of aryl methyl sites for hydroxylation is 2. The number of aromatic nitrogens is 3. The third-order valence-corrected chi connectivity index (χ3v) is 3.12. The molecule has 0 saturated carbocycles. The number of ether oxygens (including phenoxy) is 1. The first kappa shape index (κ1) is 14.1. The molecule has 2 rings (SSSR count). The van der Waals surface area contributed by atoms with E-state index < -0.39 is 11.5 Å². The molecule has 0 aliphatic heterocycles. The Kier molecular flexibility index (Phi) is 3.80. The Morgan fingerprint density at radius 1 is 1.45 bits per heavy atom. The Morgan fingerprint density at radius 2 is 2.15 bits per heavy atom. The van der Waals surface area contributed by atoms with Crippen LogP contribution in [0.3, 0.4) is 0 Å². The van der Waals surface area contributed by atoms with Crippen molar-refractivity contribution in [2.45, 2.75) is 0 Å². The van der Waals surface area contributed by atoms with E-state index in [2.05, 4.69) is 15.2 Å². The highest BCUT2D eigenvalue weighted by Crippen LogP contribution is 2.22. The van der Waals surface area contributed by atoms with Gasteiger partial charge >= 0.3 is 5.97 Å². The molecule has 0 atom stereocenters. The normalized spacial score (nSPS) is 10.4. The van der Waals surface area contributed by atoms with Crippen molar-refractivity contribution in [3.05, 3.63) is 39.5 Å². The van der Waals surface area contributed by atoms with E-state index in [1.165, 1.54) is 20.4 Å². The third kappa shape index (κ3) is 2.53. The molecule has 0 bridgehead atoms. The zero-order chi connectivity index (χ0) is 14.9. The molecular formula is C12H13ClN4O3. The molecule has 0 amide bonds. The van der Waals surface area contributed by atoms with Gasteiger partial charge in [-0.2, -0.15) is 5.10 Å². The summed E-state index contributed by atoms with van der Waals surface area (Å²) in [5.41, 5.74) is 0.949. The standard InChI is InChI=1S/C12H13ClN4O3/c1-16-6-7(4-9(16)12(19)20-3)15-8-5-14-17(2)11(18)10(8)13/h4-6,15H,1-3H3. The monoisotopic (exact) mass is 296 g/mol. The lowest BCUT2D eigenvalue weighted by molar-refractivity contribution is 0.0590. The lowest BCUT2D eigenvalue weighted by atomic mass is 10.4. The molecule has 1 N–H and O–H groups in total. The Labute approximate surface area is 119 Å². The van der Waals surface area contributed by atoms with E-state index in [1.807, 2.05) is 0 Å². The van der Waals surface area contributed by atoms with Crippen molar-refractivity contribution in [2.24, 2.45) is 14.1 Å². The molecule has 2 aromatic rings. The summed E-state index contributed by atoms with van der Waals surface area (Å²) < 4.78 is 7.40. The van der Waals surface area contributed by atoms with Gasteiger partial charge in [0, 0.05) is 20.3 Å². The SMILES string of the molecule is COC(=O)c1cc(Nc2cnn(C)c(=O)c2Cl)cn1C.